The minimum atomic E-state index is -1.78. The molecule has 0 aliphatic heterocycles. The Kier molecular flexibility index (Phi) is 7.87. The van der Waals surface area contributed by atoms with E-state index in [4.69, 9.17) is 9.47 Å². The molecule has 0 aromatic rings. The molecule has 0 fully saturated rings. The lowest BCUT2D eigenvalue weighted by molar-refractivity contribution is -0.181. The second-order valence-corrected chi connectivity index (χ2v) is 5.19. The summed E-state index contributed by atoms with van der Waals surface area (Å²) >= 11 is 0. The van der Waals surface area contributed by atoms with Crippen molar-refractivity contribution in [2.75, 3.05) is 6.61 Å². The number of aliphatic carboxylic acids is 1. The van der Waals surface area contributed by atoms with Gasteiger partial charge < -0.3 is 14.6 Å². The summed E-state index contributed by atoms with van der Waals surface area (Å²) in [7, 11) is 0. The summed E-state index contributed by atoms with van der Waals surface area (Å²) in [6, 6.07) is 0. The molecule has 0 saturated heterocycles. The highest BCUT2D eigenvalue weighted by molar-refractivity contribution is 6.07. The topological polar surface area (TPSA) is 72.8 Å². The number of rotatable bonds is 10. The lowest BCUT2D eigenvalue weighted by Gasteiger charge is -2.30. The van der Waals surface area contributed by atoms with Crippen molar-refractivity contribution in [3.8, 4) is 0 Å². The number of carbonyl (C=O) groups is 2. The first kappa shape index (κ1) is 18.1. The van der Waals surface area contributed by atoms with Gasteiger partial charge in [0.05, 0.1) is 12.2 Å². The van der Waals surface area contributed by atoms with Crippen molar-refractivity contribution in [3.05, 3.63) is 0 Å². The van der Waals surface area contributed by atoms with Crippen LogP contribution in [0.4, 0.5) is 0 Å². The van der Waals surface area contributed by atoms with Crippen LogP contribution >= 0.6 is 0 Å². The first-order valence-electron chi connectivity index (χ1n) is 6.82. The van der Waals surface area contributed by atoms with E-state index in [1.165, 1.54) is 0 Å². The quantitative estimate of drug-likeness (QED) is 0.619. The van der Waals surface area contributed by atoms with Gasteiger partial charge in [-0.2, -0.15) is 0 Å². The number of hydrogen-bond donors (Lipinski definition) is 1. The Labute approximate surface area is 115 Å². The Morgan fingerprint density at radius 3 is 2.11 bits per heavy atom. The molecule has 0 bridgehead atoms. The van der Waals surface area contributed by atoms with E-state index >= 15 is 0 Å². The van der Waals surface area contributed by atoms with E-state index < -0.39 is 17.4 Å². The first-order valence-corrected chi connectivity index (χ1v) is 6.82. The van der Waals surface area contributed by atoms with Crippen LogP contribution in [0.3, 0.4) is 0 Å². The molecular weight excluding hydrogens is 248 g/mol. The van der Waals surface area contributed by atoms with Gasteiger partial charge in [0.15, 0.2) is 0 Å². The SMILES string of the molecule is CCCCC(OC(C)C)(C(=O)O)C(=O)COC(C)C. The molecule has 1 N–H and O–H groups in total. The molecule has 5 heteroatoms. The molecule has 0 rings (SSSR count). The number of carbonyl (C=O) groups excluding carboxylic acids is 1. The van der Waals surface area contributed by atoms with Gasteiger partial charge in [0.25, 0.3) is 0 Å². The number of carboxylic acids is 1. The molecule has 0 aromatic heterocycles. The van der Waals surface area contributed by atoms with Crippen molar-refractivity contribution in [1.29, 1.82) is 0 Å². The van der Waals surface area contributed by atoms with Crippen molar-refractivity contribution in [2.45, 2.75) is 71.7 Å². The van der Waals surface area contributed by atoms with Crippen molar-refractivity contribution < 1.29 is 24.2 Å². The van der Waals surface area contributed by atoms with E-state index in [-0.39, 0.29) is 25.2 Å². The predicted molar refractivity (Wildman–Crippen MR) is 72.2 cm³/mol. The summed E-state index contributed by atoms with van der Waals surface area (Å²) in [5, 5.41) is 9.43. The van der Waals surface area contributed by atoms with Gasteiger partial charge in [-0.3, -0.25) is 4.79 Å². The van der Waals surface area contributed by atoms with Crippen LogP contribution in [-0.4, -0.2) is 41.3 Å². The van der Waals surface area contributed by atoms with Crippen molar-refractivity contribution in [3.63, 3.8) is 0 Å². The number of carboxylic acid groups (broad SMARTS) is 1. The minimum Gasteiger partial charge on any atom is -0.479 e. The number of ketones is 1. The van der Waals surface area contributed by atoms with E-state index in [0.717, 1.165) is 6.42 Å². The van der Waals surface area contributed by atoms with E-state index in [1.807, 2.05) is 6.92 Å². The molecule has 0 spiro atoms. The molecule has 1 unspecified atom stereocenters. The van der Waals surface area contributed by atoms with Gasteiger partial charge in [-0.1, -0.05) is 13.3 Å². The fraction of sp³-hybridized carbons (Fsp3) is 0.857. The molecule has 0 heterocycles. The van der Waals surface area contributed by atoms with Crippen LogP contribution in [0.1, 0.15) is 53.9 Å². The van der Waals surface area contributed by atoms with Gasteiger partial charge in [-0.15, -0.1) is 0 Å². The molecule has 112 valence electrons. The van der Waals surface area contributed by atoms with E-state index in [2.05, 4.69) is 0 Å². The third kappa shape index (κ3) is 5.70. The summed E-state index contributed by atoms with van der Waals surface area (Å²) in [6.45, 7) is 8.74. The molecule has 0 aliphatic rings. The molecule has 1 atom stereocenters. The van der Waals surface area contributed by atoms with Gasteiger partial charge in [0.1, 0.15) is 6.61 Å². The maximum Gasteiger partial charge on any atom is 0.343 e. The molecule has 0 aromatic carbocycles. The minimum absolute atomic E-state index is 0.124. The summed E-state index contributed by atoms with van der Waals surface area (Å²) in [5.74, 6) is -1.75. The summed E-state index contributed by atoms with van der Waals surface area (Å²) in [6.07, 6.45) is 1.13. The van der Waals surface area contributed by atoms with Crippen LogP contribution in [0.25, 0.3) is 0 Å². The molecular formula is C14H26O5. The highest BCUT2D eigenvalue weighted by atomic mass is 16.5. The Morgan fingerprint density at radius 1 is 1.16 bits per heavy atom. The average molecular weight is 274 g/mol. The third-order valence-electron chi connectivity index (χ3n) is 2.66. The van der Waals surface area contributed by atoms with Gasteiger partial charge in [-0.05, 0) is 40.5 Å². The van der Waals surface area contributed by atoms with Gasteiger partial charge >= 0.3 is 5.97 Å². The van der Waals surface area contributed by atoms with Crippen LogP contribution < -0.4 is 0 Å². The monoisotopic (exact) mass is 274 g/mol. The molecule has 0 amide bonds. The van der Waals surface area contributed by atoms with E-state index in [1.54, 1.807) is 27.7 Å². The molecule has 19 heavy (non-hydrogen) atoms. The fourth-order valence-corrected chi connectivity index (χ4v) is 1.73. The second-order valence-electron chi connectivity index (χ2n) is 5.19. The molecule has 0 aliphatic carbocycles. The summed E-state index contributed by atoms with van der Waals surface area (Å²) in [4.78, 5) is 23.8. The van der Waals surface area contributed by atoms with Crippen LogP contribution in [0.5, 0.6) is 0 Å². The van der Waals surface area contributed by atoms with Crippen molar-refractivity contribution in [1.82, 2.24) is 0 Å². The lowest BCUT2D eigenvalue weighted by Crippen LogP contribution is -2.52. The zero-order valence-corrected chi connectivity index (χ0v) is 12.6. The largest absolute Gasteiger partial charge is 0.479 e. The van der Waals surface area contributed by atoms with Gasteiger partial charge in [-0.25, -0.2) is 4.79 Å². The van der Waals surface area contributed by atoms with Crippen molar-refractivity contribution in [2.24, 2.45) is 0 Å². The number of hydrogen-bond acceptors (Lipinski definition) is 4. The third-order valence-corrected chi connectivity index (χ3v) is 2.66. The average Bonchev–Trinajstić information content (AvgIpc) is 2.30. The fourth-order valence-electron chi connectivity index (χ4n) is 1.73. The Balaban J connectivity index is 5.07. The number of unbranched alkanes of at least 4 members (excludes halogenated alkanes) is 1. The highest BCUT2D eigenvalue weighted by Gasteiger charge is 2.47. The Hall–Kier alpha value is -0.940. The second kappa shape index (κ2) is 8.27. The van der Waals surface area contributed by atoms with Crippen LogP contribution in [0.15, 0.2) is 0 Å². The van der Waals surface area contributed by atoms with Gasteiger partial charge in [0.2, 0.25) is 11.4 Å². The number of ether oxygens (including phenoxy) is 2. The predicted octanol–water partition coefficient (Wildman–Crippen LogP) is 2.42. The van der Waals surface area contributed by atoms with Gasteiger partial charge in [0, 0.05) is 0 Å². The zero-order chi connectivity index (χ0) is 15.1. The Morgan fingerprint density at radius 2 is 1.74 bits per heavy atom. The molecule has 0 saturated carbocycles. The normalized spacial score (nSPS) is 14.7. The molecule has 5 nitrogen and oxygen atoms in total. The number of Topliss-reactive ketones (excluding diaryl/α,β-unsaturated/α-hetero) is 1. The standard InChI is InChI=1S/C14H26O5/c1-6-7-8-14(13(16)17,19-11(4)5)12(15)9-18-10(2)3/h10-11H,6-9H2,1-5H3,(H,16,17). The highest BCUT2D eigenvalue weighted by Crippen LogP contribution is 2.24. The molecule has 0 radical (unpaired) electrons. The van der Waals surface area contributed by atoms with E-state index in [9.17, 15) is 14.7 Å². The smallest absolute Gasteiger partial charge is 0.343 e. The lowest BCUT2D eigenvalue weighted by atomic mass is 9.91. The van der Waals surface area contributed by atoms with Crippen LogP contribution in [-0.2, 0) is 19.1 Å². The van der Waals surface area contributed by atoms with Crippen molar-refractivity contribution >= 4 is 11.8 Å². The summed E-state index contributed by atoms with van der Waals surface area (Å²) < 4.78 is 10.7. The van der Waals surface area contributed by atoms with Crippen LogP contribution in [0.2, 0.25) is 0 Å². The first-order chi connectivity index (χ1) is 8.76. The summed E-state index contributed by atoms with van der Waals surface area (Å²) in [5.41, 5.74) is -1.78. The van der Waals surface area contributed by atoms with E-state index in [0.29, 0.717) is 6.42 Å². The maximum atomic E-state index is 12.2. The zero-order valence-electron chi connectivity index (χ0n) is 12.6. The Bertz CT molecular complexity index is 298. The maximum absolute atomic E-state index is 12.2. The van der Waals surface area contributed by atoms with Crippen LogP contribution in [0, 0.1) is 0 Å².